The molecule has 25 heavy (non-hydrogen) atoms. The Hall–Kier alpha value is -1.87. The fraction of sp³-hybridized carbons (Fsp3) is 0.294. The van der Waals surface area contributed by atoms with Crippen LogP contribution in [-0.4, -0.2) is 33.3 Å². The lowest BCUT2D eigenvalue weighted by molar-refractivity contribution is 0.0309. The van der Waals surface area contributed by atoms with Crippen molar-refractivity contribution in [2.75, 3.05) is 19.8 Å². The number of ether oxygens (including phenoxy) is 1. The molecule has 2 aromatic carbocycles. The van der Waals surface area contributed by atoms with E-state index in [0.717, 1.165) is 23.8 Å². The molecule has 0 heterocycles. The standard InChI is InChI=1S/C17H19F2NO4S/c1-12-5-7-13(8-6-12)16(24-10-9-21)11-20-25(22,23)17-14(18)3-2-4-15(17)19/h2-8,16,20-21H,9-11H2,1H3/t16-/m1/s1. The Morgan fingerprint density at radius 2 is 1.72 bits per heavy atom. The van der Waals surface area contributed by atoms with Gasteiger partial charge >= 0.3 is 0 Å². The Morgan fingerprint density at radius 1 is 1.12 bits per heavy atom. The van der Waals surface area contributed by atoms with Gasteiger partial charge in [-0.1, -0.05) is 35.9 Å². The zero-order valence-corrected chi connectivity index (χ0v) is 14.4. The Balaban J connectivity index is 2.20. The van der Waals surface area contributed by atoms with E-state index in [2.05, 4.69) is 4.72 Å². The lowest BCUT2D eigenvalue weighted by Crippen LogP contribution is -2.31. The van der Waals surface area contributed by atoms with Gasteiger partial charge in [-0.05, 0) is 24.6 Å². The van der Waals surface area contributed by atoms with Crippen LogP contribution in [0.3, 0.4) is 0 Å². The van der Waals surface area contributed by atoms with Crippen LogP contribution in [-0.2, 0) is 14.8 Å². The second-order valence-corrected chi connectivity index (χ2v) is 7.10. The lowest BCUT2D eigenvalue weighted by atomic mass is 10.1. The first kappa shape index (κ1) is 19.5. The summed E-state index contributed by atoms with van der Waals surface area (Å²) in [6.45, 7) is 1.42. The molecule has 0 amide bonds. The molecule has 0 spiro atoms. The minimum atomic E-state index is -4.40. The van der Waals surface area contributed by atoms with E-state index >= 15 is 0 Å². The maximum atomic E-state index is 13.7. The highest BCUT2D eigenvalue weighted by atomic mass is 32.2. The average Bonchev–Trinajstić information content (AvgIpc) is 2.55. The van der Waals surface area contributed by atoms with Crippen molar-refractivity contribution in [3.63, 3.8) is 0 Å². The summed E-state index contributed by atoms with van der Waals surface area (Å²) >= 11 is 0. The fourth-order valence-corrected chi connectivity index (χ4v) is 3.41. The number of aliphatic hydroxyl groups is 1. The van der Waals surface area contributed by atoms with Crippen molar-refractivity contribution in [3.05, 3.63) is 65.2 Å². The average molecular weight is 371 g/mol. The Morgan fingerprint density at radius 3 is 2.28 bits per heavy atom. The molecule has 2 aromatic rings. The van der Waals surface area contributed by atoms with Gasteiger partial charge in [0, 0.05) is 6.54 Å². The molecular formula is C17H19F2NO4S. The second-order valence-electron chi connectivity index (χ2n) is 5.40. The van der Waals surface area contributed by atoms with Crippen LogP contribution in [0.4, 0.5) is 8.78 Å². The topological polar surface area (TPSA) is 75.6 Å². The van der Waals surface area contributed by atoms with Gasteiger partial charge in [0.2, 0.25) is 10.0 Å². The number of hydrogen-bond acceptors (Lipinski definition) is 4. The van der Waals surface area contributed by atoms with Gasteiger partial charge in [-0.3, -0.25) is 0 Å². The molecule has 5 nitrogen and oxygen atoms in total. The number of rotatable bonds is 8. The van der Waals surface area contributed by atoms with Crippen LogP contribution in [0.2, 0.25) is 0 Å². The molecule has 0 saturated carbocycles. The molecule has 2 rings (SSSR count). The van der Waals surface area contributed by atoms with Gasteiger partial charge in [0.05, 0.1) is 19.3 Å². The maximum Gasteiger partial charge on any atom is 0.246 e. The molecule has 0 aromatic heterocycles. The summed E-state index contributed by atoms with van der Waals surface area (Å²) in [6.07, 6.45) is -0.711. The van der Waals surface area contributed by atoms with Gasteiger partial charge in [0.25, 0.3) is 0 Å². The summed E-state index contributed by atoms with van der Waals surface area (Å²) < 4.78 is 59.5. The smallest absolute Gasteiger partial charge is 0.246 e. The van der Waals surface area contributed by atoms with Crippen LogP contribution in [0.25, 0.3) is 0 Å². The van der Waals surface area contributed by atoms with Gasteiger partial charge in [-0.25, -0.2) is 21.9 Å². The number of nitrogens with one attached hydrogen (secondary N) is 1. The maximum absolute atomic E-state index is 13.7. The SMILES string of the molecule is Cc1ccc([C@@H](CNS(=O)(=O)c2c(F)cccc2F)OCCO)cc1. The number of halogens is 2. The van der Waals surface area contributed by atoms with E-state index in [9.17, 15) is 17.2 Å². The summed E-state index contributed by atoms with van der Waals surface area (Å²) in [7, 11) is -4.40. The van der Waals surface area contributed by atoms with Gasteiger partial charge in [0.1, 0.15) is 11.6 Å². The summed E-state index contributed by atoms with van der Waals surface area (Å²) in [5.74, 6) is -2.34. The first-order valence-electron chi connectivity index (χ1n) is 7.58. The first-order valence-corrected chi connectivity index (χ1v) is 9.06. The molecule has 2 N–H and O–H groups in total. The van der Waals surface area contributed by atoms with Crippen molar-refractivity contribution in [1.82, 2.24) is 4.72 Å². The molecule has 0 bridgehead atoms. The minimum absolute atomic E-state index is 0.00563. The highest BCUT2D eigenvalue weighted by Crippen LogP contribution is 2.21. The highest BCUT2D eigenvalue weighted by Gasteiger charge is 2.25. The molecule has 0 aliphatic heterocycles. The van der Waals surface area contributed by atoms with Crippen molar-refractivity contribution in [1.29, 1.82) is 0 Å². The Kier molecular flexibility index (Phi) is 6.60. The van der Waals surface area contributed by atoms with Crippen LogP contribution < -0.4 is 4.72 Å². The minimum Gasteiger partial charge on any atom is -0.394 e. The molecule has 0 radical (unpaired) electrons. The fourth-order valence-electron chi connectivity index (χ4n) is 2.25. The van der Waals surface area contributed by atoms with Gasteiger partial charge in [0.15, 0.2) is 4.90 Å². The summed E-state index contributed by atoms with van der Waals surface area (Å²) in [4.78, 5) is -1.03. The zero-order chi connectivity index (χ0) is 18.4. The normalized spacial score (nSPS) is 13.0. The molecule has 136 valence electrons. The third-order valence-corrected chi connectivity index (χ3v) is 4.98. The monoisotopic (exact) mass is 371 g/mol. The van der Waals surface area contributed by atoms with Crippen LogP contribution in [0, 0.1) is 18.6 Å². The molecule has 0 unspecified atom stereocenters. The molecule has 0 aliphatic carbocycles. The van der Waals surface area contributed by atoms with E-state index in [-0.39, 0.29) is 19.8 Å². The molecule has 0 aliphatic rings. The van der Waals surface area contributed by atoms with Crippen LogP contribution >= 0.6 is 0 Å². The van der Waals surface area contributed by atoms with Crippen molar-refractivity contribution in [2.45, 2.75) is 17.9 Å². The van der Waals surface area contributed by atoms with Crippen molar-refractivity contribution < 1.29 is 27.0 Å². The predicted octanol–water partition coefficient (Wildman–Crippen LogP) is 2.30. The number of sulfonamides is 1. The zero-order valence-electron chi connectivity index (χ0n) is 13.6. The van der Waals surface area contributed by atoms with Crippen LogP contribution in [0.1, 0.15) is 17.2 Å². The van der Waals surface area contributed by atoms with Crippen LogP contribution in [0.15, 0.2) is 47.4 Å². The lowest BCUT2D eigenvalue weighted by Gasteiger charge is -2.19. The largest absolute Gasteiger partial charge is 0.394 e. The number of hydrogen-bond donors (Lipinski definition) is 2. The third kappa shape index (κ3) is 5.05. The first-order chi connectivity index (χ1) is 11.8. The van der Waals surface area contributed by atoms with Gasteiger partial charge < -0.3 is 9.84 Å². The molecule has 1 atom stereocenters. The number of aryl methyl sites for hydroxylation is 1. The third-order valence-electron chi connectivity index (χ3n) is 3.51. The van der Waals surface area contributed by atoms with E-state index in [4.69, 9.17) is 9.84 Å². The van der Waals surface area contributed by atoms with E-state index in [1.807, 2.05) is 19.1 Å². The van der Waals surface area contributed by atoms with Crippen molar-refractivity contribution in [3.8, 4) is 0 Å². The summed E-state index contributed by atoms with van der Waals surface area (Å²) in [5, 5.41) is 8.92. The molecule has 0 fully saturated rings. The van der Waals surface area contributed by atoms with E-state index in [1.165, 1.54) is 0 Å². The van der Waals surface area contributed by atoms with Crippen LogP contribution in [0.5, 0.6) is 0 Å². The van der Waals surface area contributed by atoms with Gasteiger partial charge in [-0.2, -0.15) is 0 Å². The van der Waals surface area contributed by atoms with Crippen molar-refractivity contribution in [2.24, 2.45) is 0 Å². The Labute approximate surface area is 145 Å². The highest BCUT2D eigenvalue weighted by molar-refractivity contribution is 7.89. The van der Waals surface area contributed by atoms with E-state index in [0.29, 0.717) is 5.56 Å². The van der Waals surface area contributed by atoms with Crippen molar-refractivity contribution >= 4 is 10.0 Å². The quantitative estimate of drug-likeness (QED) is 0.747. The van der Waals surface area contributed by atoms with Gasteiger partial charge in [-0.15, -0.1) is 0 Å². The summed E-state index contributed by atoms with van der Waals surface area (Å²) in [6, 6.07) is 10.0. The Bertz CT molecular complexity index is 790. The van der Waals surface area contributed by atoms with E-state index in [1.54, 1.807) is 12.1 Å². The number of benzene rings is 2. The predicted molar refractivity (Wildman–Crippen MR) is 88.5 cm³/mol. The molecular weight excluding hydrogens is 352 g/mol. The summed E-state index contributed by atoms with van der Waals surface area (Å²) in [5.41, 5.74) is 1.69. The van der Waals surface area contributed by atoms with E-state index < -0.39 is 32.7 Å². The second kappa shape index (κ2) is 8.48. The number of aliphatic hydroxyl groups excluding tert-OH is 1. The molecule has 8 heteroatoms. The molecule has 0 saturated heterocycles.